The molecule has 0 saturated heterocycles. The minimum atomic E-state index is -0.186. The molecule has 0 amide bonds. The molecule has 0 radical (unpaired) electrons. The number of halogens is 1. The van der Waals surface area contributed by atoms with Gasteiger partial charge in [-0.3, -0.25) is 0 Å². The minimum absolute atomic E-state index is 0.0772. The molecule has 0 saturated carbocycles. The summed E-state index contributed by atoms with van der Waals surface area (Å²) in [6, 6.07) is 9.12. The van der Waals surface area contributed by atoms with Gasteiger partial charge < -0.3 is 5.32 Å². The largest absolute Gasteiger partial charge is 0.305 e. The van der Waals surface area contributed by atoms with E-state index >= 15 is 0 Å². The quantitative estimate of drug-likeness (QED) is 0.849. The van der Waals surface area contributed by atoms with Gasteiger partial charge in [0.25, 0.3) is 0 Å². The molecule has 1 atom stereocenters. The Balaban J connectivity index is 2.14. The number of rotatable bonds is 4. The van der Waals surface area contributed by atoms with Gasteiger partial charge in [-0.1, -0.05) is 32.9 Å². The van der Waals surface area contributed by atoms with Crippen LogP contribution < -0.4 is 5.32 Å². The van der Waals surface area contributed by atoms with E-state index in [1.165, 1.54) is 17.7 Å². The first-order valence-electron chi connectivity index (χ1n) is 6.47. The van der Waals surface area contributed by atoms with Crippen LogP contribution in [0.2, 0.25) is 0 Å². The SMILES string of the molecule is CC(C)(C)C(NCc1ccsc1)c1ccc(F)cc1. The van der Waals surface area contributed by atoms with Crippen LogP contribution in [0, 0.1) is 11.2 Å². The van der Waals surface area contributed by atoms with E-state index < -0.39 is 0 Å². The summed E-state index contributed by atoms with van der Waals surface area (Å²) in [6.07, 6.45) is 0. The highest BCUT2D eigenvalue weighted by atomic mass is 32.1. The van der Waals surface area contributed by atoms with Crippen LogP contribution in [0.4, 0.5) is 4.39 Å². The van der Waals surface area contributed by atoms with Gasteiger partial charge in [-0.05, 0) is 45.5 Å². The molecule has 19 heavy (non-hydrogen) atoms. The van der Waals surface area contributed by atoms with Gasteiger partial charge in [0, 0.05) is 12.6 Å². The van der Waals surface area contributed by atoms with Crippen molar-refractivity contribution in [3.05, 3.63) is 58.0 Å². The second-order valence-electron chi connectivity index (χ2n) is 5.86. The lowest BCUT2D eigenvalue weighted by atomic mass is 9.82. The molecule has 1 aromatic carbocycles. The molecule has 2 rings (SSSR count). The van der Waals surface area contributed by atoms with Crippen molar-refractivity contribution in [3.63, 3.8) is 0 Å². The third kappa shape index (κ3) is 3.88. The molecule has 0 aliphatic rings. The summed E-state index contributed by atoms with van der Waals surface area (Å²) in [5.74, 6) is -0.186. The summed E-state index contributed by atoms with van der Waals surface area (Å²) in [5.41, 5.74) is 2.50. The smallest absolute Gasteiger partial charge is 0.123 e. The molecule has 1 heterocycles. The normalized spacial score (nSPS) is 13.5. The molecule has 3 heteroatoms. The maximum Gasteiger partial charge on any atom is 0.123 e. The fourth-order valence-corrected chi connectivity index (χ4v) is 2.86. The van der Waals surface area contributed by atoms with Crippen LogP contribution in [0.15, 0.2) is 41.1 Å². The Bertz CT molecular complexity index is 497. The molecular weight excluding hydrogens is 257 g/mol. The molecule has 1 nitrogen and oxygen atoms in total. The standard InChI is InChI=1S/C16H20FNS/c1-16(2,3)15(13-4-6-14(17)7-5-13)18-10-12-8-9-19-11-12/h4-9,11,15,18H,10H2,1-3H3. The first kappa shape index (κ1) is 14.2. The number of hydrogen-bond donors (Lipinski definition) is 1. The maximum absolute atomic E-state index is 13.0. The highest BCUT2D eigenvalue weighted by Crippen LogP contribution is 2.33. The van der Waals surface area contributed by atoms with Crippen LogP contribution in [0.25, 0.3) is 0 Å². The zero-order valence-corrected chi connectivity index (χ0v) is 12.4. The average Bonchev–Trinajstić information content (AvgIpc) is 2.83. The van der Waals surface area contributed by atoms with Crippen LogP contribution in [0.1, 0.15) is 37.9 Å². The molecular formula is C16H20FNS. The van der Waals surface area contributed by atoms with Crippen molar-refractivity contribution in [2.24, 2.45) is 5.41 Å². The minimum Gasteiger partial charge on any atom is -0.305 e. The summed E-state index contributed by atoms with van der Waals surface area (Å²) in [6.45, 7) is 7.42. The summed E-state index contributed by atoms with van der Waals surface area (Å²) in [5, 5.41) is 7.82. The van der Waals surface area contributed by atoms with Crippen molar-refractivity contribution in [2.75, 3.05) is 0 Å². The Morgan fingerprint density at radius 3 is 2.37 bits per heavy atom. The second kappa shape index (κ2) is 5.85. The van der Waals surface area contributed by atoms with Gasteiger partial charge in [0.1, 0.15) is 5.82 Å². The number of hydrogen-bond acceptors (Lipinski definition) is 2. The summed E-state index contributed by atoms with van der Waals surface area (Å²) >= 11 is 1.71. The van der Waals surface area contributed by atoms with E-state index in [1.807, 2.05) is 12.1 Å². The molecule has 1 N–H and O–H groups in total. The highest BCUT2D eigenvalue weighted by Gasteiger charge is 2.25. The third-order valence-electron chi connectivity index (χ3n) is 3.16. The van der Waals surface area contributed by atoms with E-state index in [1.54, 1.807) is 11.3 Å². The fraction of sp³-hybridized carbons (Fsp3) is 0.375. The van der Waals surface area contributed by atoms with E-state index in [4.69, 9.17) is 0 Å². The van der Waals surface area contributed by atoms with Gasteiger partial charge in [0.05, 0.1) is 0 Å². The van der Waals surface area contributed by atoms with Crippen molar-refractivity contribution in [2.45, 2.75) is 33.4 Å². The molecule has 0 spiro atoms. The van der Waals surface area contributed by atoms with Gasteiger partial charge >= 0.3 is 0 Å². The first-order valence-corrected chi connectivity index (χ1v) is 7.41. The van der Waals surface area contributed by atoms with E-state index in [2.05, 4.69) is 42.9 Å². The molecule has 1 aromatic heterocycles. The van der Waals surface area contributed by atoms with E-state index in [9.17, 15) is 4.39 Å². The van der Waals surface area contributed by atoms with Crippen LogP contribution in [-0.4, -0.2) is 0 Å². The van der Waals surface area contributed by atoms with Crippen LogP contribution >= 0.6 is 11.3 Å². The third-order valence-corrected chi connectivity index (χ3v) is 3.89. The predicted molar refractivity (Wildman–Crippen MR) is 79.8 cm³/mol. The Kier molecular flexibility index (Phi) is 4.38. The number of nitrogens with one attached hydrogen (secondary N) is 1. The Morgan fingerprint density at radius 1 is 1.16 bits per heavy atom. The topological polar surface area (TPSA) is 12.0 Å². The lowest BCUT2D eigenvalue weighted by Gasteiger charge is -2.32. The number of thiophene rings is 1. The van der Waals surface area contributed by atoms with Crippen LogP contribution in [0.3, 0.4) is 0 Å². The van der Waals surface area contributed by atoms with E-state index in [0.717, 1.165) is 12.1 Å². The van der Waals surface area contributed by atoms with Gasteiger partial charge in [-0.15, -0.1) is 0 Å². The molecule has 0 bridgehead atoms. The van der Waals surface area contributed by atoms with E-state index in [0.29, 0.717) is 0 Å². The van der Waals surface area contributed by atoms with Crippen LogP contribution in [-0.2, 0) is 6.54 Å². The lowest BCUT2D eigenvalue weighted by Crippen LogP contribution is -2.31. The molecule has 0 aliphatic carbocycles. The monoisotopic (exact) mass is 277 g/mol. The zero-order chi connectivity index (χ0) is 13.9. The van der Waals surface area contributed by atoms with Crippen molar-refractivity contribution >= 4 is 11.3 Å². The average molecular weight is 277 g/mol. The molecule has 0 fully saturated rings. The second-order valence-corrected chi connectivity index (χ2v) is 6.64. The Labute approximate surface area is 118 Å². The lowest BCUT2D eigenvalue weighted by molar-refractivity contribution is 0.271. The van der Waals surface area contributed by atoms with E-state index in [-0.39, 0.29) is 17.3 Å². The molecule has 102 valence electrons. The van der Waals surface area contributed by atoms with Crippen LogP contribution in [0.5, 0.6) is 0 Å². The summed E-state index contributed by atoms with van der Waals surface area (Å²) < 4.78 is 13.0. The first-order chi connectivity index (χ1) is 8.97. The maximum atomic E-state index is 13.0. The van der Waals surface area contributed by atoms with Gasteiger partial charge in [0.2, 0.25) is 0 Å². The van der Waals surface area contributed by atoms with Crippen molar-refractivity contribution in [1.29, 1.82) is 0 Å². The summed E-state index contributed by atoms with van der Waals surface area (Å²) in [7, 11) is 0. The van der Waals surface area contributed by atoms with Gasteiger partial charge in [-0.2, -0.15) is 11.3 Å². The zero-order valence-electron chi connectivity index (χ0n) is 11.6. The Morgan fingerprint density at radius 2 is 1.84 bits per heavy atom. The predicted octanol–water partition coefficient (Wildman–Crippen LogP) is 4.76. The van der Waals surface area contributed by atoms with Gasteiger partial charge in [0.15, 0.2) is 0 Å². The van der Waals surface area contributed by atoms with Crippen molar-refractivity contribution in [1.82, 2.24) is 5.32 Å². The van der Waals surface area contributed by atoms with Crippen molar-refractivity contribution < 1.29 is 4.39 Å². The van der Waals surface area contributed by atoms with Gasteiger partial charge in [-0.25, -0.2) is 4.39 Å². The fourth-order valence-electron chi connectivity index (χ4n) is 2.19. The molecule has 2 aromatic rings. The van der Waals surface area contributed by atoms with Crippen molar-refractivity contribution in [3.8, 4) is 0 Å². The Hall–Kier alpha value is -1.19. The highest BCUT2D eigenvalue weighted by molar-refractivity contribution is 7.07. The number of benzene rings is 1. The molecule has 0 aliphatic heterocycles. The molecule has 1 unspecified atom stereocenters. The summed E-state index contributed by atoms with van der Waals surface area (Å²) in [4.78, 5) is 0.